The number of hydrogen-bond acceptors (Lipinski definition) is 4. The number of amides is 2. The minimum Gasteiger partial charge on any atom is -0.493 e. The molecule has 1 aliphatic carbocycles. The predicted molar refractivity (Wildman–Crippen MR) is 129 cm³/mol. The number of hydrogen-bond donors (Lipinski definition) is 1. The maximum absolute atomic E-state index is 13.3. The van der Waals surface area contributed by atoms with Crippen molar-refractivity contribution in [3.05, 3.63) is 59.2 Å². The first-order valence-electron chi connectivity index (χ1n) is 11.8. The van der Waals surface area contributed by atoms with Crippen LogP contribution in [-0.4, -0.2) is 43.0 Å². The van der Waals surface area contributed by atoms with Gasteiger partial charge in [-0.05, 0) is 56.4 Å². The average molecular weight is 453 g/mol. The van der Waals surface area contributed by atoms with Crippen molar-refractivity contribution < 1.29 is 19.1 Å². The second kappa shape index (κ2) is 11.7. The van der Waals surface area contributed by atoms with Crippen LogP contribution in [-0.2, 0) is 22.6 Å². The van der Waals surface area contributed by atoms with Gasteiger partial charge in [-0.3, -0.25) is 9.59 Å². The van der Waals surface area contributed by atoms with Gasteiger partial charge in [0.15, 0.2) is 11.5 Å². The van der Waals surface area contributed by atoms with Gasteiger partial charge in [0.05, 0.1) is 14.2 Å². The molecule has 6 heteroatoms. The fourth-order valence-corrected chi connectivity index (χ4v) is 4.30. The van der Waals surface area contributed by atoms with Gasteiger partial charge in [-0.1, -0.05) is 48.7 Å². The Balaban J connectivity index is 1.71. The van der Waals surface area contributed by atoms with Crippen molar-refractivity contribution in [2.75, 3.05) is 14.2 Å². The van der Waals surface area contributed by atoms with E-state index in [4.69, 9.17) is 9.47 Å². The minimum atomic E-state index is -0.537. The number of benzene rings is 2. The Kier molecular flexibility index (Phi) is 8.75. The summed E-state index contributed by atoms with van der Waals surface area (Å²) in [5.41, 5.74) is 3.16. The lowest BCUT2D eigenvalue weighted by Crippen LogP contribution is -2.49. The molecule has 2 aromatic rings. The van der Waals surface area contributed by atoms with Crippen molar-refractivity contribution in [1.29, 1.82) is 0 Å². The molecule has 33 heavy (non-hydrogen) atoms. The Bertz CT molecular complexity index is 936. The molecule has 2 amide bonds. The van der Waals surface area contributed by atoms with E-state index in [0.717, 1.165) is 42.4 Å². The summed E-state index contributed by atoms with van der Waals surface area (Å²) in [4.78, 5) is 28.0. The van der Waals surface area contributed by atoms with E-state index in [1.807, 2.05) is 56.3 Å². The van der Waals surface area contributed by atoms with E-state index in [-0.39, 0.29) is 17.9 Å². The molecular formula is C27H36N2O4. The maximum Gasteiger partial charge on any atom is 0.242 e. The van der Waals surface area contributed by atoms with Gasteiger partial charge in [-0.2, -0.15) is 0 Å². The van der Waals surface area contributed by atoms with Crippen LogP contribution in [0.2, 0.25) is 0 Å². The van der Waals surface area contributed by atoms with E-state index >= 15 is 0 Å². The number of aryl methyl sites for hydroxylation is 2. The van der Waals surface area contributed by atoms with E-state index in [1.54, 1.807) is 19.1 Å². The molecule has 1 atom stereocenters. The van der Waals surface area contributed by atoms with Gasteiger partial charge in [0.2, 0.25) is 11.8 Å². The summed E-state index contributed by atoms with van der Waals surface area (Å²) in [6.45, 7) is 4.27. The molecule has 1 aliphatic rings. The van der Waals surface area contributed by atoms with Crippen molar-refractivity contribution >= 4 is 11.8 Å². The van der Waals surface area contributed by atoms with Crippen molar-refractivity contribution in [2.45, 2.75) is 71.0 Å². The topological polar surface area (TPSA) is 67.9 Å². The van der Waals surface area contributed by atoms with Crippen LogP contribution in [0.5, 0.6) is 11.5 Å². The van der Waals surface area contributed by atoms with Gasteiger partial charge in [0.25, 0.3) is 0 Å². The standard InChI is InChI=1S/C27H36N2O4/c1-19-9-11-22(12-10-19)18-29(20(2)27(31)28-23-7-5-6-8-23)26(30)16-14-21-13-15-24(32-3)25(17-21)33-4/h9-13,15,17,20,23H,5-8,14,16,18H2,1-4H3,(H,28,31)/t20-/m1/s1. The quantitative estimate of drug-likeness (QED) is 0.579. The predicted octanol–water partition coefficient (Wildman–Crippen LogP) is 4.42. The molecule has 0 saturated heterocycles. The highest BCUT2D eigenvalue weighted by molar-refractivity contribution is 5.87. The molecule has 0 aromatic heterocycles. The molecule has 1 N–H and O–H groups in total. The monoisotopic (exact) mass is 452 g/mol. The molecular weight excluding hydrogens is 416 g/mol. The molecule has 178 valence electrons. The van der Waals surface area contributed by atoms with Crippen molar-refractivity contribution in [1.82, 2.24) is 10.2 Å². The number of ether oxygens (including phenoxy) is 2. The van der Waals surface area contributed by atoms with E-state index in [9.17, 15) is 9.59 Å². The van der Waals surface area contributed by atoms with Crippen molar-refractivity contribution in [2.24, 2.45) is 0 Å². The number of rotatable bonds is 10. The summed E-state index contributed by atoms with van der Waals surface area (Å²) in [6.07, 6.45) is 5.20. The van der Waals surface area contributed by atoms with Crippen LogP contribution in [0.3, 0.4) is 0 Å². The van der Waals surface area contributed by atoms with Gasteiger partial charge in [-0.25, -0.2) is 0 Å². The Labute approximate surface area is 197 Å². The summed E-state index contributed by atoms with van der Waals surface area (Å²) in [7, 11) is 3.20. The second-order valence-electron chi connectivity index (χ2n) is 8.86. The Morgan fingerprint density at radius 1 is 1.00 bits per heavy atom. The molecule has 0 radical (unpaired) electrons. The molecule has 0 heterocycles. The highest BCUT2D eigenvalue weighted by Crippen LogP contribution is 2.28. The first-order valence-corrected chi connectivity index (χ1v) is 11.8. The summed E-state index contributed by atoms with van der Waals surface area (Å²) < 4.78 is 10.7. The van der Waals surface area contributed by atoms with E-state index in [0.29, 0.717) is 30.9 Å². The van der Waals surface area contributed by atoms with Crippen LogP contribution in [0, 0.1) is 6.92 Å². The largest absolute Gasteiger partial charge is 0.493 e. The SMILES string of the molecule is COc1ccc(CCC(=O)N(Cc2ccc(C)cc2)[C@H](C)C(=O)NC2CCCC2)cc1OC. The third-order valence-electron chi connectivity index (χ3n) is 6.42. The smallest absolute Gasteiger partial charge is 0.242 e. The van der Waals surface area contributed by atoms with Gasteiger partial charge in [0.1, 0.15) is 6.04 Å². The first kappa shape index (κ1) is 24.6. The zero-order valence-corrected chi connectivity index (χ0v) is 20.2. The highest BCUT2D eigenvalue weighted by atomic mass is 16.5. The summed E-state index contributed by atoms with van der Waals surface area (Å²) >= 11 is 0. The molecule has 2 aromatic carbocycles. The van der Waals surface area contributed by atoms with Crippen LogP contribution in [0.4, 0.5) is 0 Å². The third-order valence-corrected chi connectivity index (χ3v) is 6.42. The number of carbonyl (C=O) groups is 2. The lowest BCUT2D eigenvalue weighted by atomic mass is 10.1. The van der Waals surface area contributed by atoms with Gasteiger partial charge < -0.3 is 19.7 Å². The lowest BCUT2D eigenvalue weighted by molar-refractivity contribution is -0.140. The summed E-state index contributed by atoms with van der Waals surface area (Å²) in [5, 5.41) is 3.15. The van der Waals surface area contributed by atoms with E-state index < -0.39 is 6.04 Å². The second-order valence-corrected chi connectivity index (χ2v) is 8.86. The van der Waals surface area contributed by atoms with E-state index in [1.165, 1.54) is 0 Å². The fourth-order valence-electron chi connectivity index (χ4n) is 4.30. The molecule has 3 rings (SSSR count). The zero-order chi connectivity index (χ0) is 23.8. The van der Waals surface area contributed by atoms with E-state index in [2.05, 4.69) is 5.32 Å². The number of carbonyl (C=O) groups excluding carboxylic acids is 2. The van der Waals surface area contributed by atoms with Crippen LogP contribution in [0.1, 0.15) is 55.7 Å². The first-order chi connectivity index (χ1) is 15.9. The maximum atomic E-state index is 13.3. The fraction of sp³-hybridized carbons (Fsp3) is 0.481. The Hall–Kier alpha value is -3.02. The van der Waals surface area contributed by atoms with Crippen LogP contribution >= 0.6 is 0 Å². The molecule has 0 aliphatic heterocycles. The summed E-state index contributed by atoms with van der Waals surface area (Å²) in [6, 6.07) is 13.5. The zero-order valence-electron chi connectivity index (χ0n) is 20.2. The molecule has 1 saturated carbocycles. The van der Waals surface area contributed by atoms with Gasteiger partial charge in [0, 0.05) is 19.0 Å². The lowest BCUT2D eigenvalue weighted by Gasteiger charge is -2.30. The van der Waals surface area contributed by atoms with Gasteiger partial charge >= 0.3 is 0 Å². The normalized spacial score (nSPS) is 14.5. The highest BCUT2D eigenvalue weighted by Gasteiger charge is 2.28. The molecule has 1 fully saturated rings. The Morgan fingerprint density at radius 3 is 2.27 bits per heavy atom. The van der Waals surface area contributed by atoms with Crippen LogP contribution in [0.25, 0.3) is 0 Å². The minimum absolute atomic E-state index is 0.0422. The summed E-state index contributed by atoms with van der Waals surface area (Å²) in [5.74, 6) is 1.18. The van der Waals surface area contributed by atoms with Crippen LogP contribution < -0.4 is 14.8 Å². The van der Waals surface area contributed by atoms with Gasteiger partial charge in [-0.15, -0.1) is 0 Å². The Morgan fingerprint density at radius 2 is 1.64 bits per heavy atom. The average Bonchev–Trinajstić information content (AvgIpc) is 3.34. The van der Waals surface area contributed by atoms with Crippen molar-refractivity contribution in [3.63, 3.8) is 0 Å². The number of nitrogens with one attached hydrogen (secondary N) is 1. The third kappa shape index (κ3) is 6.73. The molecule has 0 unspecified atom stereocenters. The number of methoxy groups -OCH3 is 2. The number of nitrogens with zero attached hydrogens (tertiary/aromatic N) is 1. The van der Waals surface area contributed by atoms with Crippen LogP contribution in [0.15, 0.2) is 42.5 Å². The molecule has 6 nitrogen and oxygen atoms in total. The molecule has 0 spiro atoms. The van der Waals surface area contributed by atoms with Crippen molar-refractivity contribution in [3.8, 4) is 11.5 Å². The molecule has 0 bridgehead atoms.